The molecule has 1 aromatic carbocycles. The average Bonchev–Trinajstić information content (AvgIpc) is 2.84. The Morgan fingerprint density at radius 3 is 2.83 bits per heavy atom. The second kappa shape index (κ2) is 6.19. The lowest BCUT2D eigenvalue weighted by Crippen LogP contribution is -2.31. The van der Waals surface area contributed by atoms with Crippen LogP contribution in [0.4, 0.5) is 10.1 Å². The standard InChI is InChI=1S/C15H23FN2/c1-17-14-8-5-6-12(14)10-11-18(2)15-9-4-3-7-13(15)16/h3-4,7,9,12,14,17H,5-6,8,10-11H2,1-2H3. The summed E-state index contributed by atoms with van der Waals surface area (Å²) in [7, 11) is 4.02. The molecule has 2 unspecified atom stereocenters. The summed E-state index contributed by atoms with van der Waals surface area (Å²) in [5, 5.41) is 3.40. The van der Waals surface area contributed by atoms with Crippen LogP contribution < -0.4 is 10.2 Å². The van der Waals surface area contributed by atoms with Gasteiger partial charge in [-0.25, -0.2) is 4.39 Å². The van der Waals surface area contributed by atoms with Gasteiger partial charge in [0.05, 0.1) is 5.69 Å². The van der Waals surface area contributed by atoms with Crippen molar-refractivity contribution >= 4 is 5.69 Å². The van der Waals surface area contributed by atoms with E-state index in [1.807, 2.05) is 31.1 Å². The highest BCUT2D eigenvalue weighted by Crippen LogP contribution is 2.29. The third kappa shape index (κ3) is 3.02. The molecule has 0 spiro atoms. The molecule has 2 nitrogen and oxygen atoms in total. The Balaban J connectivity index is 1.88. The minimum atomic E-state index is -0.128. The van der Waals surface area contributed by atoms with Gasteiger partial charge in [-0.15, -0.1) is 0 Å². The zero-order valence-corrected chi connectivity index (χ0v) is 11.3. The Bertz CT molecular complexity index is 381. The van der Waals surface area contributed by atoms with Crippen molar-refractivity contribution in [3.63, 3.8) is 0 Å². The highest BCUT2D eigenvalue weighted by atomic mass is 19.1. The Hall–Kier alpha value is -1.09. The van der Waals surface area contributed by atoms with Crippen molar-refractivity contribution in [1.29, 1.82) is 0 Å². The van der Waals surface area contributed by atoms with Crippen molar-refractivity contribution in [2.45, 2.75) is 31.7 Å². The molecule has 0 heterocycles. The van der Waals surface area contributed by atoms with Gasteiger partial charge < -0.3 is 10.2 Å². The van der Waals surface area contributed by atoms with E-state index in [1.165, 1.54) is 25.3 Å². The first kappa shape index (κ1) is 13.3. The molecule has 18 heavy (non-hydrogen) atoms. The van der Waals surface area contributed by atoms with E-state index in [0.717, 1.165) is 18.9 Å². The van der Waals surface area contributed by atoms with Crippen LogP contribution in [0.2, 0.25) is 0 Å². The maximum absolute atomic E-state index is 13.6. The third-order valence-corrected chi connectivity index (χ3v) is 4.13. The predicted octanol–water partition coefficient (Wildman–Crippen LogP) is 3.04. The summed E-state index contributed by atoms with van der Waals surface area (Å²) in [5.74, 6) is 0.612. The molecule has 0 bridgehead atoms. The first-order valence-electron chi connectivity index (χ1n) is 6.85. The summed E-state index contributed by atoms with van der Waals surface area (Å²) in [4.78, 5) is 2.03. The van der Waals surface area contributed by atoms with Crippen molar-refractivity contribution < 1.29 is 4.39 Å². The van der Waals surface area contributed by atoms with Gasteiger partial charge in [0.15, 0.2) is 0 Å². The summed E-state index contributed by atoms with van der Waals surface area (Å²) in [5.41, 5.74) is 0.705. The van der Waals surface area contributed by atoms with Gasteiger partial charge in [-0.1, -0.05) is 18.6 Å². The maximum Gasteiger partial charge on any atom is 0.146 e. The second-order valence-corrected chi connectivity index (χ2v) is 5.25. The molecule has 1 N–H and O–H groups in total. The van der Waals surface area contributed by atoms with E-state index in [2.05, 4.69) is 5.32 Å². The molecule has 0 aromatic heterocycles. The number of hydrogen-bond acceptors (Lipinski definition) is 2. The van der Waals surface area contributed by atoms with Crippen molar-refractivity contribution in [2.75, 3.05) is 25.5 Å². The highest BCUT2D eigenvalue weighted by molar-refractivity contribution is 5.46. The smallest absolute Gasteiger partial charge is 0.146 e. The molecule has 2 rings (SSSR count). The third-order valence-electron chi connectivity index (χ3n) is 4.13. The summed E-state index contributed by atoms with van der Waals surface area (Å²) in [6.45, 7) is 0.920. The minimum absolute atomic E-state index is 0.128. The fourth-order valence-corrected chi connectivity index (χ4v) is 3.00. The predicted molar refractivity (Wildman–Crippen MR) is 74.5 cm³/mol. The second-order valence-electron chi connectivity index (χ2n) is 5.25. The van der Waals surface area contributed by atoms with Crippen LogP contribution in [0.1, 0.15) is 25.7 Å². The molecule has 0 amide bonds. The molecule has 0 radical (unpaired) electrons. The van der Waals surface area contributed by atoms with E-state index < -0.39 is 0 Å². The van der Waals surface area contributed by atoms with Gasteiger partial charge in [-0.05, 0) is 44.4 Å². The number of benzene rings is 1. The zero-order chi connectivity index (χ0) is 13.0. The average molecular weight is 250 g/mol. The minimum Gasteiger partial charge on any atom is -0.372 e. The van der Waals surface area contributed by atoms with Crippen LogP contribution >= 0.6 is 0 Å². The molecule has 0 saturated heterocycles. The molecular weight excluding hydrogens is 227 g/mol. The monoisotopic (exact) mass is 250 g/mol. The van der Waals surface area contributed by atoms with E-state index in [1.54, 1.807) is 6.07 Å². The lowest BCUT2D eigenvalue weighted by molar-refractivity contribution is 0.402. The molecule has 1 aromatic rings. The number of nitrogens with one attached hydrogen (secondary N) is 1. The number of rotatable bonds is 5. The molecule has 2 atom stereocenters. The van der Waals surface area contributed by atoms with Gasteiger partial charge in [0.2, 0.25) is 0 Å². The number of halogens is 1. The van der Waals surface area contributed by atoms with Crippen LogP contribution in [0.25, 0.3) is 0 Å². The Labute approximate surface area is 109 Å². The van der Waals surface area contributed by atoms with Crippen molar-refractivity contribution in [3.05, 3.63) is 30.1 Å². The topological polar surface area (TPSA) is 15.3 Å². The fraction of sp³-hybridized carbons (Fsp3) is 0.600. The highest BCUT2D eigenvalue weighted by Gasteiger charge is 2.25. The van der Waals surface area contributed by atoms with Crippen LogP contribution in [0.5, 0.6) is 0 Å². The van der Waals surface area contributed by atoms with Gasteiger partial charge in [0, 0.05) is 19.6 Å². The summed E-state index contributed by atoms with van der Waals surface area (Å²) in [6.07, 6.45) is 5.04. The van der Waals surface area contributed by atoms with Crippen molar-refractivity contribution in [1.82, 2.24) is 5.32 Å². The Morgan fingerprint density at radius 2 is 2.11 bits per heavy atom. The van der Waals surface area contributed by atoms with Crippen molar-refractivity contribution in [3.8, 4) is 0 Å². The summed E-state index contributed by atoms with van der Waals surface area (Å²) < 4.78 is 13.6. The van der Waals surface area contributed by atoms with E-state index in [4.69, 9.17) is 0 Å². The fourth-order valence-electron chi connectivity index (χ4n) is 3.00. The van der Waals surface area contributed by atoms with E-state index in [9.17, 15) is 4.39 Å². The molecule has 1 saturated carbocycles. The normalized spacial score (nSPS) is 23.3. The number of anilines is 1. The first-order chi connectivity index (χ1) is 8.72. The first-order valence-corrected chi connectivity index (χ1v) is 6.85. The number of hydrogen-bond donors (Lipinski definition) is 1. The maximum atomic E-state index is 13.6. The van der Waals surface area contributed by atoms with Crippen LogP contribution in [0, 0.1) is 11.7 Å². The van der Waals surface area contributed by atoms with E-state index >= 15 is 0 Å². The van der Waals surface area contributed by atoms with E-state index in [-0.39, 0.29) is 5.82 Å². The van der Waals surface area contributed by atoms with Crippen LogP contribution in [0.3, 0.4) is 0 Å². The van der Waals surface area contributed by atoms with Gasteiger partial charge in [-0.3, -0.25) is 0 Å². The van der Waals surface area contributed by atoms with Gasteiger partial charge in [-0.2, -0.15) is 0 Å². The van der Waals surface area contributed by atoms with Crippen LogP contribution in [0.15, 0.2) is 24.3 Å². The van der Waals surface area contributed by atoms with Gasteiger partial charge >= 0.3 is 0 Å². The van der Waals surface area contributed by atoms with Crippen LogP contribution in [-0.4, -0.2) is 26.7 Å². The summed E-state index contributed by atoms with van der Waals surface area (Å²) >= 11 is 0. The van der Waals surface area contributed by atoms with Crippen LogP contribution in [-0.2, 0) is 0 Å². The lowest BCUT2D eigenvalue weighted by Gasteiger charge is -2.24. The van der Waals surface area contributed by atoms with Crippen molar-refractivity contribution in [2.24, 2.45) is 5.92 Å². The molecule has 100 valence electrons. The Morgan fingerprint density at radius 1 is 1.33 bits per heavy atom. The zero-order valence-electron chi connectivity index (χ0n) is 11.3. The lowest BCUT2D eigenvalue weighted by atomic mass is 9.99. The van der Waals surface area contributed by atoms with E-state index in [0.29, 0.717) is 11.7 Å². The molecule has 1 aliphatic carbocycles. The summed E-state index contributed by atoms with van der Waals surface area (Å²) in [6, 6.07) is 7.65. The number of nitrogens with zero attached hydrogens (tertiary/aromatic N) is 1. The molecular formula is C15H23FN2. The largest absolute Gasteiger partial charge is 0.372 e. The molecule has 0 aliphatic heterocycles. The molecule has 3 heteroatoms. The SMILES string of the molecule is CNC1CCCC1CCN(C)c1ccccc1F. The van der Waals surface area contributed by atoms with Gasteiger partial charge in [0.1, 0.15) is 5.82 Å². The number of para-hydroxylation sites is 1. The van der Waals surface area contributed by atoms with Gasteiger partial charge in [0.25, 0.3) is 0 Å². The quantitative estimate of drug-likeness (QED) is 0.864. The molecule has 1 aliphatic rings. The molecule has 1 fully saturated rings. The Kier molecular flexibility index (Phi) is 4.59.